The zero-order chi connectivity index (χ0) is 15.5. The summed E-state index contributed by atoms with van der Waals surface area (Å²) in [5.41, 5.74) is 1.15. The number of benzene rings is 1. The molecular formula is C15H13N3O3S. The van der Waals surface area contributed by atoms with Crippen LogP contribution in [-0.4, -0.2) is 26.4 Å². The Morgan fingerprint density at radius 1 is 1.32 bits per heavy atom. The average Bonchev–Trinajstić information content (AvgIpc) is 3.06. The number of aromatic nitrogens is 2. The Labute approximate surface area is 130 Å². The molecule has 0 radical (unpaired) electrons. The predicted octanol–water partition coefficient (Wildman–Crippen LogP) is 1.88. The fourth-order valence-electron chi connectivity index (χ4n) is 2.17. The maximum atomic E-state index is 12.1. The minimum atomic E-state index is -1.09. The Morgan fingerprint density at radius 2 is 2.09 bits per heavy atom. The zero-order valence-electron chi connectivity index (χ0n) is 11.5. The number of carbonyl (C=O) groups excluding carboxylic acids is 1. The molecule has 2 heterocycles. The number of carbonyl (C=O) groups is 2. The van der Waals surface area contributed by atoms with Gasteiger partial charge in [0, 0.05) is 17.8 Å². The number of aliphatic carboxylic acids is 1. The van der Waals surface area contributed by atoms with Gasteiger partial charge in [0.25, 0.3) is 0 Å². The quantitative estimate of drug-likeness (QED) is 0.753. The maximum Gasteiger partial charge on any atom is 0.330 e. The molecule has 0 saturated heterocycles. The molecule has 1 amide bonds. The van der Waals surface area contributed by atoms with E-state index in [-0.39, 0.29) is 12.3 Å². The van der Waals surface area contributed by atoms with E-state index in [1.807, 2.05) is 16.0 Å². The number of hydrogen-bond donors (Lipinski definition) is 2. The Kier molecular flexibility index (Phi) is 3.88. The third-order valence-electron chi connectivity index (χ3n) is 3.17. The van der Waals surface area contributed by atoms with Crippen molar-refractivity contribution in [3.8, 4) is 0 Å². The van der Waals surface area contributed by atoms with E-state index in [0.29, 0.717) is 11.3 Å². The van der Waals surface area contributed by atoms with E-state index in [1.165, 1.54) is 11.3 Å². The van der Waals surface area contributed by atoms with Gasteiger partial charge in [0.05, 0.1) is 12.1 Å². The zero-order valence-corrected chi connectivity index (χ0v) is 12.3. The summed E-state index contributed by atoms with van der Waals surface area (Å²) in [7, 11) is 0. The number of nitrogens with zero attached hydrogens (tertiary/aromatic N) is 2. The van der Waals surface area contributed by atoms with Crippen molar-refractivity contribution >= 4 is 28.2 Å². The summed E-state index contributed by atoms with van der Waals surface area (Å²) in [4.78, 5) is 28.6. The van der Waals surface area contributed by atoms with Gasteiger partial charge >= 0.3 is 5.97 Å². The van der Waals surface area contributed by atoms with Gasteiger partial charge in [-0.1, -0.05) is 30.3 Å². The van der Waals surface area contributed by atoms with Crippen LogP contribution < -0.4 is 5.32 Å². The summed E-state index contributed by atoms with van der Waals surface area (Å²) in [5, 5.41) is 13.7. The molecule has 0 aliphatic heterocycles. The maximum absolute atomic E-state index is 12.1. The molecule has 0 unspecified atom stereocenters. The van der Waals surface area contributed by atoms with Crippen molar-refractivity contribution in [2.75, 3.05) is 0 Å². The van der Waals surface area contributed by atoms with E-state index in [9.17, 15) is 14.7 Å². The first-order chi connectivity index (χ1) is 10.6. The molecule has 6 nitrogen and oxygen atoms in total. The standard InChI is InChI=1S/C15H13N3O3S/c19-12(8-11-9-18-6-7-22-15(18)16-11)17-13(14(20)21)10-4-2-1-3-5-10/h1-7,9,13H,8H2,(H,17,19)(H,20,21)/t13-/m0/s1. The van der Waals surface area contributed by atoms with Gasteiger partial charge in [0.1, 0.15) is 0 Å². The molecule has 0 aliphatic carbocycles. The van der Waals surface area contributed by atoms with Crippen LogP contribution in [0.5, 0.6) is 0 Å². The van der Waals surface area contributed by atoms with Crippen LogP contribution in [-0.2, 0) is 16.0 Å². The van der Waals surface area contributed by atoms with Crippen molar-refractivity contribution in [2.45, 2.75) is 12.5 Å². The Hall–Kier alpha value is -2.67. The summed E-state index contributed by atoms with van der Waals surface area (Å²) in [5.74, 6) is -1.47. The Balaban J connectivity index is 1.71. The number of fused-ring (bicyclic) bond motifs is 1. The second-order valence-corrected chi connectivity index (χ2v) is 5.62. The van der Waals surface area contributed by atoms with Crippen LogP contribution in [0.25, 0.3) is 4.96 Å². The highest BCUT2D eigenvalue weighted by Crippen LogP contribution is 2.14. The number of carboxylic acids is 1. The summed E-state index contributed by atoms with van der Waals surface area (Å²) in [6, 6.07) is 7.55. The van der Waals surface area contributed by atoms with E-state index in [4.69, 9.17) is 0 Å². The van der Waals surface area contributed by atoms with E-state index in [0.717, 1.165) is 4.96 Å². The van der Waals surface area contributed by atoms with Gasteiger partial charge in [-0.15, -0.1) is 11.3 Å². The molecule has 1 aromatic carbocycles. The first-order valence-corrected chi connectivity index (χ1v) is 7.49. The van der Waals surface area contributed by atoms with Crippen LogP contribution in [0, 0.1) is 0 Å². The van der Waals surface area contributed by atoms with E-state index < -0.39 is 12.0 Å². The molecule has 0 aliphatic rings. The van der Waals surface area contributed by atoms with Crippen LogP contribution in [0.2, 0.25) is 0 Å². The van der Waals surface area contributed by atoms with Crippen LogP contribution in [0.3, 0.4) is 0 Å². The molecule has 0 saturated carbocycles. The van der Waals surface area contributed by atoms with E-state index in [2.05, 4.69) is 10.3 Å². The first kappa shape index (κ1) is 14.3. The van der Waals surface area contributed by atoms with Crippen molar-refractivity contribution < 1.29 is 14.7 Å². The van der Waals surface area contributed by atoms with Crippen LogP contribution in [0.15, 0.2) is 48.1 Å². The monoisotopic (exact) mass is 315 g/mol. The van der Waals surface area contributed by atoms with Crippen molar-refractivity contribution in [1.29, 1.82) is 0 Å². The van der Waals surface area contributed by atoms with Gasteiger partial charge < -0.3 is 10.4 Å². The molecule has 7 heteroatoms. The molecule has 112 valence electrons. The topological polar surface area (TPSA) is 83.7 Å². The lowest BCUT2D eigenvalue weighted by Crippen LogP contribution is -2.34. The summed E-state index contributed by atoms with van der Waals surface area (Å²) >= 11 is 1.48. The van der Waals surface area contributed by atoms with Crippen LogP contribution >= 0.6 is 11.3 Å². The van der Waals surface area contributed by atoms with Crippen molar-refractivity contribution in [2.24, 2.45) is 0 Å². The third kappa shape index (κ3) is 2.99. The number of thiazole rings is 1. The summed E-state index contributed by atoms with van der Waals surface area (Å²) < 4.78 is 1.83. The molecule has 22 heavy (non-hydrogen) atoms. The molecule has 2 N–H and O–H groups in total. The minimum absolute atomic E-state index is 0.0466. The molecular weight excluding hydrogens is 302 g/mol. The average molecular weight is 315 g/mol. The first-order valence-electron chi connectivity index (χ1n) is 6.61. The normalized spacial score (nSPS) is 12.2. The van der Waals surface area contributed by atoms with Crippen LogP contribution in [0.1, 0.15) is 17.3 Å². The smallest absolute Gasteiger partial charge is 0.330 e. The van der Waals surface area contributed by atoms with Gasteiger partial charge in [-0.25, -0.2) is 9.78 Å². The molecule has 0 bridgehead atoms. The van der Waals surface area contributed by atoms with Gasteiger partial charge in [-0.3, -0.25) is 9.20 Å². The number of rotatable bonds is 5. The minimum Gasteiger partial charge on any atom is -0.479 e. The molecule has 3 aromatic rings. The van der Waals surface area contributed by atoms with Gasteiger partial charge in [-0.05, 0) is 5.56 Å². The number of amides is 1. The van der Waals surface area contributed by atoms with Crippen molar-refractivity contribution in [3.63, 3.8) is 0 Å². The van der Waals surface area contributed by atoms with Crippen molar-refractivity contribution in [1.82, 2.24) is 14.7 Å². The second-order valence-electron chi connectivity index (χ2n) is 4.75. The van der Waals surface area contributed by atoms with Gasteiger partial charge in [-0.2, -0.15) is 0 Å². The largest absolute Gasteiger partial charge is 0.479 e. The summed E-state index contributed by atoms with van der Waals surface area (Å²) in [6.45, 7) is 0. The number of hydrogen-bond acceptors (Lipinski definition) is 4. The molecule has 0 fully saturated rings. The van der Waals surface area contributed by atoms with E-state index in [1.54, 1.807) is 36.5 Å². The summed E-state index contributed by atoms with van der Waals surface area (Å²) in [6.07, 6.45) is 3.67. The lowest BCUT2D eigenvalue weighted by atomic mass is 10.1. The number of imidazole rings is 1. The van der Waals surface area contributed by atoms with Crippen molar-refractivity contribution in [3.05, 3.63) is 59.4 Å². The fourth-order valence-corrected chi connectivity index (χ4v) is 2.89. The second kappa shape index (κ2) is 5.98. The SMILES string of the molecule is O=C(Cc1cn2ccsc2n1)N[C@H](C(=O)O)c1ccccc1. The Morgan fingerprint density at radius 3 is 2.77 bits per heavy atom. The molecule has 2 aromatic heterocycles. The number of carboxylic acid groups (broad SMARTS) is 1. The van der Waals surface area contributed by atoms with Gasteiger partial charge in [0.15, 0.2) is 11.0 Å². The predicted molar refractivity (Wildman–Crippen MR) is 81.7 cm³/mol. The highest BCUT2D eigenvalue weighted by molar-refractivity contribution is 7.15. The lowest BCUT2D eigenvalue weighted by Gasteiger charge is -2.14. The third-order valence-corrected chi connectivity index (χ3v) is 3.94. The highest BCUT2D eigenvalue weighted by atomic mass is 32.1. The fraction of sp³-hybridized carbons (Fsp3) is 0.133. The highest BCUT2D eigenvalue weighted by Gasteiger charge is 2.22. The van der Waals surface area contributed by atoms with E-state index >= 15 is 0 Å². The molecule has 0 spiro atoms. The van der Waals surface area contributed by atoms with Gasteiger partial charge in [0.2, 0.25) is 5.91 Å². The lowest BCUT2D eigenvalue weighted by molar-refractivity contribution is -0.142. The van der Waals surface area contributed by atoms with Crippen LogP contribution in [0.4, 0.5) is 0 Å². The molecule has 1 atom stereocenters. The Bertz CT molecular complexity index is 781. The molecule has 3 rings (SSSR count). The number of nitrogens with one attached hydrogen (secondary N) is 1.